The molecule has 2 aliphatic rings. The molecule has 2 aliphatic heterocycles. The number of carbonyl (C=O) groups excluding carboxylic acids is 1. The van der Waals surface area contributed by atoms with E-state index in [1.807, 2.05) is 35.7 Å². The van der Waals surface area contributed by atoms with Crippen LogP contribution in [0.25, 0.3) is 11.8 Å². The van der Waals surface area contributed by atoms with Crippen molar-refractivity contribution in [3.05, 3.63) is 109 Å². The van der Waals surface area contributed by atoms with Crippen molar-refractivity contribution in [3.8, 4) is 17.2 Å². The third-order valence-electron chi connectivity index (χ3n) is 5.75. The minimum Gasteiger partial charge on any atom is -0.493 e. The Balaban J connectivity index is 1.45. The lowest BCUT2D eigenvalue weighted by Crippen LogP contribution is -2.38. The Kier molecular flexibility index (Phi) is 6.64. The zero-order chi connectivity index (χ0) is 27.7. The Morgan fingerprint density at radius 3 is 2.41 bits per heavy atom. The highest BCUT2D eigenvalue weighted by Crippen LogP contribution is 2.40. The van der Waals surface area contributed by atoms with Crippen LogP contribution in [-0.4, -0.2) is 38.8 Å². The topological polar surface area (TPSA) is 161 Å². The zero-order valence-electron chi connectivity index (χ0n) is 20.1. The largest absolute Gasteiger partial charge is 0.493 e. The van der Waals surface area contributed by atoms with Crippen LogP contribution in [0.2, 0.25) is 0 Å². The number of nitrogens with zero attached hydrogens (tertiary/aromatic N) is 4. The normalized spacial score (nSPS) is 15.5. The van der Waals surface area contributed by atoms with Gasteiger partial charge in [0.1, 0.15) is 5.84 Å². The van der Waals surface area contributed by atoms with Crippen LogP contribution >= 0.6 is 11.8 Å². The predicted octanol–water partition coefficient (Wildman–Crippen LogP) is 5.61. The summed E-state index contributed by atoms with van der Waals surface area (Å²) in [5.41, 5.74) is 1.12. The van der Waals surface area contributed by atoms with Crippen molar-refractivity contribution in [2.45, 2.75) is 0 Å². The summed E-state index contributed by atoms with van der Waals surface area (Å²) in [5, 5.41) is 33.5. The number of carbonyl (C=O) groups is 1. The van der Waals surface area contributed by atoms with Gasteiger partial charge in [-0.15, -0.1) is 0 Å². The number of hydrogen-bond acceptors (Lipinski definition) is 9. The molecule has 0 spiro atoms. The van der Waals surface area contributed by atoms with E-state index >= 15 is 0 Å². The van der Waals surface area contributed by atoms with Gasteiger partial charge in [0.15, 0.2) is 16.7 Å². The molecule has 0 bridgehead atoms. The SMILES string of the molecule is COc1cc(/C=C2/C(=N)N3C(c4ccccc4)=CSC3=NC2=O)ccc1Oc1ccc([N+](=O)[O-])cc1[N+](=O)[O-]. The van der Waals surface area contributed by atoms with Crippen molar-refractivity contribution in [1.29, 1.82) is 5.41 Å². The molecule has 12 nitrogen and oxygen atoms in total. The van der Waals surface area contributed by atoms with Crippen molar-refractivity contribution >= 4 is 51.8 Å². The highest BCUT2D eigenvalue weighted by atomic mass is 32.2. The standard InChI is InChI=1S/C26H17N5O7S/c1-37-23-12-15(7-9-22(23)38-21-10-8-17(30(33)34)13-19(21)31(35)36)11-18-24(27)29-20(16-5-3-2-4-6-16)14-39-26(29)28-25(18)32/h2-14,27H,1H3/b18-11-,27-24?. The summed E-state index contributed by atoms with van der Waals surface area (Å²) in [7, 11) is 1.37. The van der Waals surface area contributed by atoms with Gasteiger partial charge in [0.2, 0.25) is 5.75 Å². The predicted molar refractivity (Wildman–Crippen MR) is 145 cm³/mol. The van der Waals surface area contributed by atoms with Gasteiger partial charge in [-0.25, -0.2) is 0 Å². The molecule has 1 amide bonds. The Bertz CT molecular complexity index is 1650. The highest BCUT2D eigenvalue weighted by Gasteiger charge is 2.36. The van der Waals surface area contributed by atoms with Crippen LogP contribution in [0.4, 0.5) is 11.4 Å². The summed E-state index contributed by atoms with van der Waals surface area (Å²) in [6.07, 6.45) is 1.50. The lowest BCUT2D eigenvalue weighted by Gasteiger charge is -2.27. The second kappa shape index (κ2) is 10.2. The smallest absolute Gasteiger partial charge is 0.318 e. The molecule has 3 aromatic carbocycles. The number of fused-ring (bicyclic) bond motifs is 1. The van der Waals surface area contributed by atoms with Crippen LogP contribution in [0.15, 0.2) is 82.7 Å². The fraction of sp³-hybridized carbons (Fsp3) is 0.0385. The third-order valence-corrected chi connectivity index (χ3v) is 6.58. The van der Waals surface area contributed by atoms with Crippen molar-refractivity contribution < 1.29 is 24.1 Å². The molecule has 2 heterocycles. The molecule has 0 aromatic heterocycles. The molecule has 13 heteroatoms. The molecule has 5 rings (SSSR count). The van der Waals surface area contributed by atoms with Crippen LogP contribution in [0.5, 0.6) is 17.2 Å². The van der Waals surface area contributed by atoms with Crippen LogP contribution in [0.1, 0.15) is 11.1 Å². The monoisotopic (exact) mass is 543 g/mol. The quantitative estimate of drug-likeness (QED) is 0.227. The number of amidine groups is 2. The molecule has 39 heavy (non-hydrogen) atoms. The molecule has 194 valence electrons. The summed E-state index contributed by atoms with van der Waals surface area (Å²) >= 11 is 1.26. The first-order chi connectivity index (χ1) is 18.8. The summed E-state index contributed by atoms with van der Waals surface area (Å²) in [6, 6.07) is 17.1. The Morgan fingerprint density at radius 1 is 0.974 bits per heavy atom. The van der Waals surface area contributed by atoms with Gasteiger partial charge in [0.05, 0.1) is 34.3 Å². The maximum absolute atomic E-state index is 12.8. The number of aliphatic imine (C=N–C) groups is 1. The fourth-order valence-corrected chi connectivity index (χ4v) is 4.80. The van der Waals surface area contributed by atoms with E-state index in [-0.39, 0.29) is 28.7 Å². The number of ether oxygens (including phenoxy) is 2. The minimum atomic E-state index is -0.780. The van der Waals surface area contributed by atoms with E-state index in [9.17, 15) is 25.0 Å². The number of amides is 1. The second-order valence-electron chi connectivity index (χ2n) is 8.11. The Hall–Kier alpha value is -5.30. The first-order valence-corrected chi connectivity index (χ1v) is 12.1. The van der Waals surface area contributed by atoms with E-state index in [0.29, 0.717) is 10.7 Å². The van der Waals surface area contributed by atoms with Gasteiger partial charge in [-0.2, -0.15) is 4.99 Å². The summed E-state index contributed by atoms with van der Waals surface area (Å²) < 4.78 is 11.1. The molecular formula is C26H17N5O7S. The lowest BCUT2D eigenvalue weighted by molar-refractivity contribution is -0.394. The number of benzene rings is 3. The molecule has 0 aliphatic carbocycles. The number of thioether (sulfide) groups is 1. The molecule has 3 aromatic rings. The van der Waals surface area contributed by atoms with Gasteiger partial charge < -0.3 is 9.47 Å². The van der Waals surface area contributed by atoms with Gasteiger partial charge in [-0.1, -0.05) is 48.2 Å². The van der Waals surface area contributed by atoms with Gasteiger partial charge in [-0.05, 0) is 35.4 Å². The molecular weight excluding hydrogens is 526 g/mol. The molecule has 0 fully saturated rings. The zero-order valence-corrected chi connectivity index (χ0v) is 20.9. The first-order valence-electron chi connectivity index (χ1n) is 11.2. The third kappa shape index (κ3) is 4.85. The van der Waals surface area contributed by atoms with E-state index in [0.717, 1.165) is 29.5 Å². The minimum absolute atomic E-state index is 0.0362. The highest BCUT2D eigenvalue weighted by molar-refractivity contribution is 8.17. The van der Waals surface area contributed by atoms with Crippen molar-refractivity contribution in [2.24, 2.45) is 4.99 Å². The summed E-state index contributed by atoms with van der Waals surface area (Å²) in [6.45, 7) is 0. The van der Waals surface area contributed by atoms with E-state index in [4.69, 9.17) is 14.9 Å². The number of nitro groups is 2. The van der Waals surface area contributed by atoms with E-state index in [2.05, 4.69) is 4.99 Å². The molecule has 0 unspecified atom stereocenters. The number of nitro benzene ring substituents is 2. The fourth-order valence-electron chi connectivity index (χ4n) is 3.91. The van der Waals surface area contributed by atoms with Crippen molar-refractivity contribution in [3.63, 3.8) is 0 Å². The molecule has 1 N–H and O–H groups in total. The molecule has 0 saturated heterocycles. The average molecular weight is 544 g/mol. The summed E-state index contributed by atoms with van der Waals surface area (Å²) in [4.78, 5) is 39.5. The van der Waals surface area contributed by atoms with Crippen molar-refractivity contribution in [2.75, 3.05) is 7.11 Å². The second-order valence-corrected chi connectivity index (χ2v) is 8.94. The number of non-ortho nitro benzene ring substituents is 1. The van der Waals surface area contributed by atoms with E-state index in [1.165, 1.54) is 37.1 Å². The van der Waals surface area contributed by atoms with Crippen LogP contribution in [0.3, 0.4) is 0 Å². The van der Waals surface area contributed by atoms with E-state index in [1.54, 1.807) is 11.0 Å². The van der Waals surface area contributed by atoms with Crippen LogP contribution in [-0.2, 0) is 4.79 Å². The number of nitrogens with one attached hydrogen (secondary N) is 1. The number of hydrogen-bond donors (Lipinski definition) is 1. The lowest BCUT2D eigenvalue weighted by atomic mass is 10.1. The Labute approximate surface area is 224 Å². The van der Waals surface area contributed by atoms with Gasteiger partial charge in [0.25, 0.3) is 11.6 Å². The van der Waals surface area contributed by atoms with Crippen LogP contribution < -0.4 is 9.47 Å². The molecule has 0 saturated carbocycles. The first kappa shape index (κ1) is 25.4. The van der Waals surface area contributed by atoms with E-state index < -0.39 is 27.1 Å². The number of methoxy groups -OCH3 is 1. The molecule has 0 radical (unpaired) electrons. The van der Waals surface area contributed by atoms with Crippen LogP contribution in [0, 0.1) is 25.6 Å². The average Bonchev–Trinajstić information content (AvgIpc) is 3.36. The maximum Gasteiger partial charge on any atom is 0.318 e. The Morgan fingerprint density at radius 2 is 1.72 bits per heavy atom. The maximum atomic E-state index is 12.8. The summed E-state index contributed by atoms with van der Waals surface area (Å²) in [5.74, 6) is -0.536. The van der Waals surface area contributed by atoms with Gasteiger partial charge in [0, 0.05) is 11.5 Å². The van der Waals surface area contributed by atoms with Gasteiger partial charge in [-0.3, -0.25) is 35.3 Å². The number of rotatable bonds is 7. The van der Waals surface area contributed by atoms with Gasteiger partial charge >= 0.3 is 5.69 Å². The van der Waals surface area contributed by atoms with Crippen molar-refractivity contribution in [1.82, 2.24) is 4.90 Å². The molecule has 0 atom stereocenters.